The molecule has 2 amide bonds. The maximum atomic E-state index is 13.9. The summed E-state index contributed by atoms with van der Waals surface area (Å²) < 4.78 is 68.8. The van der Waals surface area contributed by atoms with Gasteiger partial charge in [0.05, 0.1) is 38.0 Å². The molecule has 1 saturated carbocycles. The highest BCUT2D eigenvalue weighted by atomic mass is 35.5. The lowest BCUT2D eigenvalue weighted by molar-refractivity contribution is -0.148. The number of aryl methyl sites for hydroxylation is 1. The van der Waals surface area contributed by atoms with Crippen molar-refractivity contribution in [2.24, 2.45) is 11.8 Å². The lowest BCUT2D eigenvalue weighted by Crippen LogP contribution is -2.52. The average Bonchev–Trinajstić information content (AvgIpc) is 3.30. The van der Waals surface area contributed by atoms with Crippen LogP contribution in [0.15, 0.2) is 48.6 Å². The van der Waals surface area contributed by atoms with Crippen LogP contribution in [0.2, 0.25) is 5.02 Å². The Labute approximate surface area is 338 Å². The fraction of sp³-hybridized carbons (Fsp3) is 0.600. The van der Waals surface area contributed by atoms with Crippen molar-refractivity contribution < 1.29 is 46.5 Å². The van der Waals surface area contributed by atoms with Crippen LogP contribution >= 0.6 is 11.6 Å². The summed E-state index contributed by atoms with van der Waals surface area (Å²) in [7, 11) is -0.306. The maximum absolute atomic E-state index is 13.9. The molecule has 2 aliphatic carbocycles. The third-order valence-electron chi connectivity index (χ3n) is 11.9. The molecule has 2 aromatic rings. The number of amides is 2. The number of nitrogens with zero attached hydrogens (tertiary/aromatic N) is 3. The molecule has 0 saturated heterocycles. The Hall–Kier alpha value is -3.38. The zero-order valence-electron chi connectivity index (χ0n) is 32.7. The minimum atomic E-state index is -4.34. The van der Waals surface area contributed by atoms with Crippen LogP contribution in [-0.2, 0) is 42.0 Å². The van der Waals surface area contributed by atoms with Crippen molar-refractivity contribution in [3.63, 3.8) is 0 Å². The van der Waals surface area contributed by atoms with E-state index in [-0.39, 0.29) is 43.2 Å². The minimum Gasteiger partial charge on any atom is -0.490 e. The van der Waals surface area contributed by atoms with Crippen molar-refractivity contribution in [2.45, 2.75) is 68.0 Å². The zero-order chi connectivity index (χ0) is 41.2. The van der Waals surface area contributed by atoms with Gasteiger partial charge in [-0.3, -0.25) is 9.59 Å². The predicted molar refractivity (Wildman–Crippen MR) is 212 cm³/mol. The first kappa shape index (κ1) is 43.2. The number of hydrogen-bond acceptors (Lipinski definition) is 10. The monoisotopic (exact) mass is 837 g/mol. The molecule has 13 nitrogen and oxygen atoms in total. The summed E-state index contributed by atoms with van der Waals surface area (Å²) in [6, 6.07) is 10.8. The molecule has 4 N–H and O–H groups in total. The number of carbonyl (C=O) groups is 2. The summed E-state index contributed by atoms with van der Waals surface area (Å²) in [6.07, 6.45) is 7.56. The molecule has 2 heterocycles. The Morgan fingerprint density at radius 2 is 1.98 bits per heavy atom. The largest absolute Gasteiger partial charge is 0.490 e. The maximum Gasteiger partial charge on any atom is 0.303 e. The Bertz CT molecular complexity index is 1940. The van der Waals surface area contributed by atoms with Crippen LogP contribution in [0.3, 0.4) is 0 Å². The number of aliphatic hydroxyl groups excluding tert-OH is 1. The number of hydrogen-bond donors (Lipinski definition) is 4. The number of aliphatic hydroxyl groups is 2. The van der Waals surface area contributed by atoms with Gasteiger partial charge in [-0.15, -0.1) is 0 Å². The van der Waals surface area contributed by atoms with Crippen molar-refractivity contribution in [1.82, 2.24) is 19.2 Å². The van der Waals surface area contributed by atoms with Crippen molar-refractivity contribution in [3.8, 4) is 5.75 Å². The Morgan fingerprint density at radius 3 is 2.70 bits per heavy atom. The van der Waals surface area contributed by atoms with E-state index >= 15 is 0 Å². The topological polar surface area (TPSA) is 161 Å². The van der Waals surface area contributed by atoms with E-state index in [1.807, 2.05) is 29.0 Å². The van der Waals surface area contributed by atoms with Crippen LogP contribution in [0.1, 0.15) is 55.2 Å². The molecule has 2 aromatic carbocycles. The molecule has 5 atom stereocenters. The molecule has 0 unspecified atom stereocenters. The highest BCUT2D eigenvalue weighted by Gasteiger charge is 2.47. The molecular formula is C40H54ClF2N5O8S. The summed E-state index contributed by atoms with van der Waals surface area (Å²) in [5, 5.41) is 24.6. The van der Waals surface area contributed by atoms with Gasteiger partial charge in [-0.25, -0.2) is 13.5 Å². The lowest BCUT2D eigenvalue weighted by atomic mass is 9.68. The molecule has 57 heavy (non-hydrogen) atoms. The molecular weight excluding hydrogens is 784 g/mol. The Kier molecular flexibility index (Phi) is 13.2. The molecule has 4 aliphatic rings. The number of halogens is 3. The van der Waals surface area contributed by atoms with Crippen LogP contribution in [0, 0.1) is 11.8 Å². The molecule has 2 bridgehead atoms. The zero-order valence-corrected chi connectivity index (χ0v) is 34.3. The van der Waals surface area contributed by atoms with Crippen molar-refractivity contribution in [3.05, 3.63) is 70.3 Å². The quantitative estimate of drug-likeness (QED) is 0.207. The van der Waals surface area contributed by atoms with Gasteiger partial charge in [-0.2, -0.15) is 12.7 Å². The molecule has 2 aliphatic heterocycles. The number of nitrogens with one attached hydrogen (secondary N) is 2. The fourth-order valence-corrected chi connectivity index (χ4v) is 9.19. The van der Waals surface area contributed by atoms with Crippen LogP contribution in [-0.4, -0.2) is 125 Å². The van der Waals surface area contributed by atoms with Gasteiger partial charge in [0.1, 0.15) is 12.4 Å². The van der Waals surface area contributed by atoms with Crippen molar-refractivity contribution >= 4 is 39.3 Å². The van der Waals surface area contributed by atoms with Gasteiger partial charge in [-0.1, -0.05) is 35.9 Å². The van der Waals surface area contributed by atoms with Gasteiger partial charge in [0.25, 0.3) is 11.8 Å². The molecule has 17 heteroatoms. The van der Waals surface area contributed by atoms with Gasteiger partial charge in [0.15, 0.2) is 5.60 Å². The van der Waals surface area contributed by atoms with E-state index in [0.717, 1.165) is 47.5 Å². The number of anilines is 1. The van der Waals surface area contributed by atoms with E-state index in [4.69, 9.17) is 26.2 Å². The second-order valence-corrected chi connectivity index (χ2v) is 18.4. The van der Waals surface area contributed by atoms with E-state index in [2.05, 4.69) is 16.3 Å². The number of ether oxygens (including phenoxy) is 2. The average molecular weight is 838 g/mol. The second kappa shape index (κ2) is 17.5. The number of benzene rings is 2. The molecule has 1 spiro atoms. The van der Waals surface area contributed by atoms with Crippen molar-refractivity contribution in [2.75, 3.05) is 78.6 Å². The summed E-state index contributed by atoms with van der Waals surface area (Å²) >= 11 is 6.46. The van der Waals surface area contributed by atoms with Crippen LogP contribution in [0.4, 0.5) is 14.5 Å². The SMILES string of the molecule is CN1CC/C=C\[C@H](OCCNCC(F)(F)CO)[C@@H]2CC[C@H]2CN2C[C@@]3(CCCc4cc(Cl)ccc43)COc3ccc(cc32)[C@@](O)(C(=O)NS(=O)(=O)N(C)C)CC1=O. The predicted octanol–water partition coefficient (Wildman–Crippen LogP) is 3.36. The van der Waals surface area contributed by atoms with Gasteiger partial charge in [0, 0.05) is 57.8 Å². The smallest absolute Gasteiger partial charge is 0.303 e. The third-order valence-corrected chi connectivity index (χ3v) is 13.6. The molecule has 0 aromatic heterocycles. The minimum absolute atomic E-state index is 0.0347. The van der Waals surface area contributed by atoms with E-state index in [1.54, 1.807) is 19.2 Å². The van der Waals surface area contributed by atoms with Gasteiger partial charge in [-0.05, 0) is 91.3 Å². The van der Waals surface area contributed by atoms with Crippen LogP contribution < -0.4 is 19.7 Å². The number of alkyl halides is 2. The van der Waals surface area contributed by atoms with E-state index in [1.165, 1.54) is 25.1 Å². The summed E-state index contributed by atoms with van der Waals surface area (Å²) in [5.41, 5.74) is -0.0974. The summed E-state index contributed by atoms with van der Waals surface area (Å²) in [4.78, 5) is 31.3. The Balaban J connectivity index is 1.40. The fourth-order valence-electron chi connectivity index (χ4n) is 8.41. The third kappa shape index (κ3) is 9.58. The first-order valence-electron chi connectivity index (χ1n) is 19.5. The van der Waals surface area contributed by atoms with Gasteiger partial charge >= 0.3 is 10.2 Å². The molecule has 314 valence electrons. The van der Waals surface area contributed by atoms with E-state index < -0.39 is 58.5 Å². The van der Waals surface area contributed by atoms with Crippen molar-refractivity contribution in [1.29, 1.82) is 0 Å². The second-order valence-electron chi connectivity index (χ2n) is 16.1. The molecule has 0 radical (unpaired) electrons. The number of carbonyl (C=O) groups excluding carboxylic acids is 2. The summed E-state index contributed by atoms with van der Waals surface area (Å²) in [5.74, 6) is -4.38. The summed E-state index contributed by atoms with van der Waals surface area (Å²) in [6.45, 7) is 0.0495. The van der Waals surface area contributed by atoms with E-state index in [9.17, 15) is 31.9 Å². The normalized spacial score (nSPS) is 27.5. The van der Waals surface area contributed by atoms with Gasteiger partial charge in [0.2, 0.25) is 5.91 Å². The molecule has 6 rings (SSSR count). The standard InChI is InChI=1S/C40H54ClF2N5O8S/c1-46(2)57(53,54)45-37(51)40(52)21-36(50)47(3)17-5-4-8-34(55-18-16-44-23-39(42,43)25-49)31-12-9-28(31)22-48-24-38(26-56-35-14-10-29(40)20-33(35)48)15-6-7-27-19-30(41)11-13-32(27)38/h4,8,10-11,13-14,19-20,28,31,34,44,49,52H,5-7,9,12,15-18,21-26H2,1-3H3,(H,45,51)/b8-4-/t28-,31+,34-,38-,40+/m0/s1. The number of rotatable bonds is 10. The lowest BCUT2D eigenvalue weighted by Gasteiger charge is -2.46. The highest BCUT2D eigenvalue weighted by molar-refractivity contribution is 7.87. The first-order chi connectivity index (χ1) is 27.0. The van der Waals surface area contributed by atoms with E-state index in [0.29, 0.717) is 42.6 Å². The number of fused-ring (bicyclic) bond motifs is 4. The first-order valence-corrected chi connectivity index (χ1v) is 21.3. The highest BCUT2D eigenvalue weighted by Crippen LogP contribution is 2.48. The van der Waals surface area contributed by atoms with Crippen LogP contribution in [0.5, 0.6) is 5.75 Å². The molecule has 1 fully saturated rings. The van der Waals surface area contributed by atoms with Crippen LogP contribution in [0.25, 0.3) is 0 Å². The Morgan fingerprint density at radius 1 is 1.19 bits per heavy atom. The van der Waals surface area contributed by atoms with Gasteiger partial charge < -0.3 is 34.8 Å².